The Hall–Kier alpha value is -4.53. The molecule has 0 aliphatic heterocycles. The van der Waals surface area contributed by atoms with Gasteiger partial charge in [-0.25, -0.2) is 4.79 Å². The molecule has 9 heteroatoms. The van der Waals surface area contributed by atoms with Crippen LogP contribution in [0.3, 0.4) is 0 Å². The standard InChI is InChI=1S/C32H39N3O6/c1-21(2)35(28(25-13-9-10-14-27(25)37)29(38)33-20-23-11-7-6-8-12-23)30(39)26(34-31(40)41-32(3,4)5)19-22-15-17-24(36)18-16-22/h6-18,21,26,28,36-37H,19-20H2,1-5H3,(H,33,38)(H,34,40). The highest BCUT2D eigenvalue weighted by atomic mass is 16.6. The molecule has 0 aromatic heterocycles. The molecule has 0 aliphatic carbocycles. The number of phenolic OH excluding ortho intramolecular Hbond substituents is 2. The van der Waals surface area contributed by atoms with E-state index in [1.807, 2.05) is 30.3 Å². The summed E-state index contributed by atoms with van der Waals surface area (Å²) in [7, 11) is 0. The van der Waals surface area contributed by atoms with Gasteiger partial charge in [0.1, 0.15) is 29.2 Å². The Balaban J connectivity index is 2.01. The van der Waals surface area contributed by atoms with E-state index in [0.717, 1.165) is 5.56 Å². The van der Waals surface area contributed by atoms with Crippen molar-refractivity contribution in [2.45, 2.75) is 71.3 Å². The van der Waals surface area contributed by atoms with Crippen LogP contribution in [0.2, 0.25) is 0 Å². The van der Waals surface area contributed by atoms with Crippen molar-refractivity contribution in [2.75, 3.05) is 0 Å². The summed E-state index contributed by atoms with van der Waals surface area (Å²) in [4.78, 5) is 42.3. The molecule has 0 saturated carbocycles. The van der Waals surface area contributed by atoms with E-state index in [1.165, 1.54) is 23.1 Å². The second-order valence-electron chi connectivity index (χ2n) is 11.1. The molecule has 3 aromatic rings. The zero-order chi connectivity index (χ0) is 30.2. The first kappa shape index (κ1) is 31.0. The van der Waals surface area contributed by atoms with E-state index in [1.54, 1.807) is 65.0 Å². The number of nitrogens with zero attached hydrogens (tertiary/aromatic N) is 1. The summed E-state index contributed by atoms with van der Waals surface area (Å²) < 4.78 is 5.43. The topological polar surface area (TPSA) is 128 Å². The molecule has 41 heavy (non-hydrogen) atoms. The fraction of sp³-hybridized carbons (Fsp3) is 0.344. The van der Waals surface area contributed by atoms with Crippen molar-refractivity contribution in [1.29, 1.82) is 0 Å². The zero-order valence-electron chi connectivity index (χ0n) is 24.1. The smallest absolute Gasteiger partial charge is 0.408 e. The van der Waals surface area contributed by atoms with Crippen molar-refractivity contribution >= 4 is 17.9 Å². The van der Waals surface area contributed by atoms with Crippen LogP contribution in [-0.4, -0.2) is 50.7 Å². The fourth-order valence-electron chi connectivity index (χ4n) is 4.40. The predicted octanol–water partition coefficient (Wildman–Crippen LogP) is 4.83. The van der Waals surface area contributed by atoms with Gasteiger partial charge >= 0.3 is 6.09 Å². The number of carbonyl (C=O) groups excluding carboxylic acids is 3. The number of hydrogen-bond acceptors (Lipinski definition) is 6. The lowest BCUT2D eigenvalue weighted by Crippen LogP contribution is -2.55. The molecule has 0 saturated heterocycles. The van der Waals surface area contributed by atoms with Crippen LogP contribution in [0.4, 0.5) is 4.79 Å². The number of para-hydroxylation sites is 1. The van der Waals surface area contributed by atoms with Crippen molar-refractivity contribution in [1.82, 2.24) is 15.5 Å². The van der Waals surface area contributed by atoms with Crippen molar-refractivity contribution < 1.29 is 29.3 Å². The molecule has 218 valence electrons. The third kappa shape index (κ3) is 8.99. The molecular formula is C32H39N3O6. The zero-order valence-corrected chi connectivity index (χ0v) is 24.1. The number of nitrogens with one attached hydrogen (secondary N) is 2. The average Bonchev–Trinajstić information content (AvgIpc) is 2.90. The van der Waals surface area contributed by atoms with Crippen LogP contribution in [0.5, 0.6) is 11.5 Å². The monoisotopic (exact) mass is 561 g/mol. The number of rotatable bonds is 10. The van der Waals surface area contributed by atoms with E-state index in [-0.39, 0.29) is 30.0 Å². The van der Waals surface area contributed by atoms with Crippen LogP contribution in [0.15, 0.2) is 78.9 Å². The number of hydrogen-bond donors (Lipinski definition) is 4. The molecule has 3 amide bonds. The molecule has 0 fully saturated rings. The third-order valence-corrected chi connectivity index (χ3v) is 6.24. The van der Waals surface area contributed by atoms with Gasteiger partial charge in [0.2, 0.25) is 11.8 Å². The molecule has 0 aliphatic rings. The highest BCUT2D eigenvalue weighted by Gasteiger charge is 2.39. The van der Waals surface area contributed by atoms with Crippen molar-refractivity contribution in [3.8, 4) is 11.5 Å². The van der Waals surface area contributed by atoms with Gasteiger partial charge in [-0.2, -0.15) is 0 Å². The van der Waals surface area contributed by atoms with Gasteiger partial charge in [0.15, 0.2) is 0 Å². The van der Waals surface area contributed by atoms with Crippen LogP contribution in [0.25, 0.3) is 0 Å². The summed E-state index contributed by atoms with van der Waals surface area (Å²) in [6.45, 7) is 8.90. The van der Waals surface area contributed by atoms with E-state index in [4.69, 9.17) is 4.74 Å². The normalized spacial score (nSPS) is 12.7. The van der Waals surface area contributed by atoms with E-state index >= 15 is 0 Å². The SMILES string of the molecule is CC(C)N(C(=O)C(Cc1ccc(O)cc1)NC(=O)OC(C)(C)C)C(C(=O)NCc1ccccc1)c1ccccc1O. The molecule has 0 heterocycles. The van der Waals surface area contributed by atoms with Crippen LogP contribution in [0.1, 0.15) is 57.4 Å². The Morgan fingerprint density at radius 2 is 1.46 bits per heavy atom. The minimum atomic E-state index is -1.20. The van der Waals surface area contributed by atoms with Crippen LogP contribution >= 0.6 is 0 Å². The summed E-state index contributed by atoms with van der Waals surface area (Å²) in [6, 6.07) is 19.2. The fourth-order valence-corrected chi connectivity index (χ4v) is 4.40. The lowest BCUT2D eigenvalue weighted by Gasteiger charge is -2.37. The predicted molar refractivity (Wildman–Crippen MR) is 156 cm³/mol. The summed E-state index contributed by atoms with van der Waals surface area (Å²) in [6.07, 6.45) is -0.716. The molecular weight excluding hydrogens is 522 g/mol. The van der Waals surface area contributed by atoms with Gasteiger partial charge in [-0.05, 0) is 63.9 Å². The van der Waals surface area contributed by atoms with Crippen molar-refractivity contribution in [3.05, 3.63) is 95.6 Å². The summed E-state index contributed by atoms with van der Waals surface area (Å²) in [5.41, 5.74) is 0.995. The number of alkyl carbamates (subject to hydrolysis) is 1. The maximum absolute atomic E-state index is 14.3. The van der Waals surface area contributed by atoms with Gasteiger partial charge in [0.05, 0.1) is 0 Å². The lowest BCUT2D eigenvalue weighted by atomic mass is 9.98. The van der Waals surface area contributed by atoms with E-state index in [9.17, 15) is 24.6 Å². The molecule has 2 unspecified atom stereocenters. The number of phenols is 2. The Morgan fingerprint density at radius 3 is 2.05 bits per heavy atom. The molecule has 2 atom stereocenters. The van der Waals surface area contributed by atoms with Gasteiger partial charge in [-0.1, -0.05) is 60.7 Å². The van der Waals surface area contributed by atoms with Crippen LogP contribution in [0, 0.1) is 0 Å². The molecule has 0 bridgehead atoms. The second-order valence-corrected chi connectivity index (χ2v) is 11.1. The molecule has 9 nitrogen and oxygen atoms in total. The molecule has 3 rings (SSSR count). The number of amides is 3. The van der Waals surface area contributed by atoms with Crippen molar-refractivity contribution in [3.63, 3.8) is 0 Å². The van der Waals surface area contributed by atoms with E-state index < -0.39 is 41.6 Å². The maximum atomic E-state index is 14.3. The first-order chi connectivity index (χ1) is 19.4. The highest BCUT2D eigenvalue weighted by Crippen LogP contribution is 2.31. The molecule has 0 spiro atoms. The number of aromatic hydroxyl groups is 2. The Labute approximate surface area is 241 Å². The van der Waals surface area contributed by atoms with Gasteiger partial charge in [-0.3, -0.25) is 9.59 Å². The van der Waals surface area contributed by atoms with E-state index in [2.05, 4.69) is 10.6 Å². The maximum Gasteiger partial charge on any atom is 0.408 e. The largest absolute Gasteiger partial charge is 0.508 e. The third-order valence-electron chi connectivity index (χ3n) is 6.24. The quantitative estimate of drug-likeness (QED) is 0.281. The summed E-state index contributed by atoms with van der Waals surface area (Å²) >= 11 is 0. The Kier molecular flexibility index (Phi) is 10.4. The summed E-state index contributed by atoms with van der Waals surface area (Å²) in [5.74, 6) is -1.10. The number of benzene rings is 3. The van der Waals surface area contributed by atoms with Crippen molar-refractivity contribution in [2.24, 2.45) is 0 Å². The Bertz CT molecular complexity index is 1320. The molecule has 3 aromatic carbocycles. The van der Waals surface area contributed by atoms with Gasteiger partial charge < -0.3 is 30.5 Å². The molecule has 0 radical (unpaired) electrons. The first-order valence-electron chi connectivity index (χ1n) is 13.5. The highest BCUT2D eigenvalue weighted by molar-refractivity contribution is 5.93. The van der Waals surface area contributed by atoms with Crippen LogP contribution < -0.4 is 10.6 Å². The van der Waals surface area contributed by atoms with Gasteiger partial charge in [-0.15, -0.1) is 0 Å². The minimum Gasteiger partial charge on any atom is -0.508 e. The molecule has 4 N–H and O–H groups in total. The second kappa shape index (κ2) is 13.7. The van der Waals surface area contributed by atoms with Crippen LogP contribution in [-0.2, 0) is 27.3 Å². The Morgan fingerprint density at radius 1 is 0.854 bits per heavy atom. The summed E-state index contributed by atoms with van der Waals surface area (Å²) in [5, 5.41) is 26.1. The van der Waals surface area contributed by atoms with Gasteiger partial charge in [0.25, 0.3) is 0 Å². The number of carbonyl (C=O) groups is 3. The first-order valence-corrected chi connectivity index (χ1v) is 13.5. The van der Waals surface area contributed by atoms with E-state index in [0.29, 0.717) is 5.56 Å². The lowest BCUT2D eigenvalue weighted by molar-refractivity contribution is -0.144. The average molecular weight is 562 g/mol. The number of ether oxygens (including phenoxy) is 1. The minimum absolute atomic E-state index is 0.0650. The van der Waals surface area contributed by atoms with Gasteiger partial charge in [0, 0.05) is 24.6 Å².